The van der Waals surface area contributed by atoms with Crippen molar-refractivity contribution in [2.75, 3.05) is 0 Å². The molecule has 0 heterocycles. The molecule has 1 heteroatoms. The Bertz CT molecular complexity index is 154. The molecule has 0 aliphatic heterocycles. The Labute approximate surface area is 75.8 Å². The van der Waals surface area contributed by atoms with Gasteiger partial charge in [-0.15, -0.1) is 0 Å². The molecule has 1 N–H and O–H groups in total. The minimum atomic E-state index is -0.665. The Balaban J connectivity index is 3.85. The first kappa shape index (κ1) is 11.4. The van der Waals surface area contributed by atoms with Gasteiger partial charge in [0.1, 0.15) is 0 Å². The van der Waals surface area contributed by atoms with Crippen LogP contribution in [0.5, 0.6) is 0 Å². The van der Waals surface area contributed by atoms with Crippen molar-refractivity contribution in [3.05, 3.63) is 24.3 Å². The van der Waals surface area contributed by atoms with E-state index < -0.39 is 5.60 Å². The Morgan fingerprint density at radius 3 is 2.50 bits per heavy atom. The topological polar surface area (TPSA) is 20.2 Å². The first-order chi connectivity index (χ1) is 5.62. The van der Waals surface area contributed by atoms with Crippen LogP contribution in [-0.2, 0) is 0 Å². The number of hydrogen-bond acceptors (Lipinski definition) is 1. The third kappa shape index (κ3) is 6.17. The molecule has 0 fully saturated rings. The largest absolute Gasteiger partial charge is 0.386 e. The summed E-state index contributed by atoms with van der Waals surface area (Å²) in [6, 6.07) is 0. The Kier molecular flexibility index (Phi) is 5.73. The van der Waals surface area contributed by atoms with Crippen molar-refractivity contribution < 1.29 is 5.11 Å². The highest BCUT2D eigenvalue weighted by molar-refractivity contribution is 5.02. The van der Waals surface area contributed by atoms with Crippen LogP contribution >= 0.6 is 0 Å². The van der Waals surface area contributed by atoms with E-state index in [2.05, 4.69) is 6.92 Å². The summed E-state index contributed by atoms with van der Waals surface area (Å²) in [7, 11) is 0. The van der Waals surface area contributed by atoms with Crippen LogP contribution in [0.15, 0.2) is 24.3 Å². The van der Waals surface area contributed by atoms with Gasteiger partial charge >= 0.3 is 0 Å². The van der Waals surface area contributed by atoms with Crippen LogP contribution in [0.25, 0.3) is 0 Å². The molecule has 0 aliphatic rings. The lowest BCUT2D eigenvalue weighted by Gasteiger charge is -2.16. The van der Waals surface area contributed by atoms with Crippen LogP contribution in [0.3, 0.4) is 0 Å². The summed E-state index contributed by atoms with van der Waals surface area (Å²) in [6.07, 6.45) is 10.8. The molecule has 0 saturated carbocycles. The van der Waals surface area contributed by atoms with Gasteiger partial charge in [-0.25, -0.2) is 0 Å². The van der Waals surface area contributed by atoms with Gasteiger partial charge in [0.25, 0.3) is 0 Å². The highest BCUT2D eigenvalue weighted by Gasteiger charge is 2.12. The van der Waals surface area contributed by atoms with Gasteiger partial charge in [-0.3, -0.25) is 0 Å². The summed E-state index contributed by atoms with van der Waals surface area (Å²) >= 11 is 0. The molecular weight excluding hydrogens is 148 g/mol. The fourth-order valence-corrected chi connectivity index (χ4v) is 0.928. The number of aliphatic hydroxyl groups is 1. The molecule has 0 aromatic rings. The maximum absolute atomic E-state index is 9.73. The third-order valence-corrected chi connectivity index (χ3v) is 1.70. The Morgan fingerprint density at radius 1 is 1.33 bits per heavy atom. The maximum Gasteiger partial charge on any atom is 0.0833 e. The molecule has 0 unspecified atom stereocenters. The number of hydrogen-bond donors (Lipinski definition) is 1. The zero-order valence-corrected chi connectivity index (χ0v) is 8.38. The normalized spacial score (nSPS) is 17.3. The standard InChI is InChI=1S/C11H20O/c1-4-6-8-10-11(3,12)9-7-5-2/h5,7-8,10,12H,4,6,9H2,1-3H3/b7-5+,10-8+/t11-/m0/s1. The van der Waals surface area contributed by atoms with E-state index in [-0.39, 0.29) is 0 Å². The molecule has 0 spiro atoms. The molecule has 0 aliphatic carbocycles. The monoisotopic (exact) mass is 168 g/mol. The van der Waals surface area contributed by atoms with Gasteiger partial charge in [0.2, 0.25) is 0 Å². The van der Waals surface area contributed by atoms with Gasteiger partial charge in [0.15, 0.2) is 0 Å². The SMILES string of the molecule is C/C=C/C[C@](C)(O)/C=C/CCC. The quantitative estimate of drug-likeness (QED) is 0.625. The maximum atomic E-state index is 9.73. The lowest BCUT2D eigenvalue weighted by atomic mass is 10.0. The van der Waals surface area contributed by atoms with Gasteiger partial charge in [-0.1, -0.05) is 37.6 Å². The van der Waals surface area contributed by atoms with Crippen molar-refractivity contribution in [2.24, 2.45) is 0 Å². The van der Waals surface area contributed by atoms with Crippen molar-refractivity contribution in [3.63, 3.8) is 0 Å². The Hall–Kier alpha value is -0.560. The second kappa shape index (κ2) is 6.01. The predicted molar refractivity (Wildman–Crippen MR) is 54.1 cm³/mol. The van der Waals surface area contributed by atoms with E-state index >= 15 is 0 Å². The van der Waals surface area contributed by atoms with Gasteiger partial charge in [-0.05, 0) is 26.7 Å². The van der Waals surface area contributed by atoms with E-state index in [4.69, 9.17) is 0 Å². The summed E-state index contributed by atoms with van der Waals surface area (Å²) < 4.78 is 0. The van der Waals surface area contributed by atoms with Gasteiger partial charge < -0.3 is 5.11 Å². The van der Waals surface area contributed by atoms with E-state index in [1.54, 1.807) is 0 Å². The third-order valence-electron chi connectivity index (χ3n) is 1.70. The molecule has 1 nitrogen and oxygen atoms in total. The fraction of sp³-hybridized carbons (Fsp3) is 0.636. The first-order valence-electron chi connectivity index (χ1n) is 4.63. The first-order valence-corrected chi connectivity index (χ1v) is 4.63. The number of allylic oxidation sites excluding steroid dienone is 2. The van der Waals surface area contributed by atoms with Crippen molar-refractivity contribution in [2.45, 2.75) is 45.6 Å². The molecule has 70 valence electrons. The van der Waals surface area contributed by atoms with Gasteiger partial charge in [-0.2, -0.15) is 0 Å². The summed E-state index contributed by atoms with van der Waals surface area (Å²) in [5, 5.41) is 9.73. The van der Waals surface area contributed by atoms with Crippen LogP contribution in [0.1, 0.15) is 40.0 Å². The lowest BCUT2D eigenvalue weighted by Crippen LogP contribution is -2.19. The lowest BCUT2D eigenvalue weighted by molar-refractivity contribution is 0.115. The van der Waals surface area contributed by atoms with Crippen LogP contribution in [0.2, 0.25) is 0 Å². The molecule has 0 saturated heterocycles. The molecule has 0 aromatic carbocycles. The molecular formula is C11H20O. The van der Waals surface area contributed by atoms with E-state index in [1.807, 2.05) is 38.2 Å². The minimum absolute atomic E-state index is 0.665. The van der Waals surface area contributed by atoms with Crippen LogP contribution < -0.4 is 0 Å². The van der Waals surface area contributed by atoms with E-state index in [0.717, 1.165) is 12.8 Å². The molecule has 0 radical (unpaired) electrons. The number of unbranched alkanes of at least 4 members (excludes halogenated alkanes) is 1. The van der Waals surface area contributed by atoms with Gasteiger partial charge in [0, 0.05) is 0 Å². The average Bonchev–Trinajstić information content (AvgIpc) is 2.01. The van der Waals surface area contributed by atoms with Crippen molar-refractivity contribution in [1.82, 2.24) is 0 Å². The van der Waals surface area contributed by atoms with E-state index in [9.17, 15) is 5.11 Å². The van der Waals surface area contributed by atoms with Crippen molar-refractivity contribution in [1.29, 1.82) is 0 Å². The Morgan fingerprint density at radius 2 is 2.00 bits per heavy atom. The minimum Gasteiger partial charge on any atom is -0.386 e. The average molecular weight is 168 g/mol. The summed E-state index contributed by atoms with van der Waals surface area (Å²) in [5.41, 5.74) is -0.665. The fourth-order valence-electron chi connectivity index (χ4n) is 0.928. The predicted octanol–water partition coefficient (Wildman–Crippen LogP) is 3.06. The second-order valence-corrected chi connectivity index (χ2v) is 3.32. The second-order valence-electron chi connectivity index (χ2n) is 3.32. The summed E-state index contributed by atoms with van der Waals surface area (Å²) in [6.45, 7) is 5.93. The van der Waals surface area contributed by atoms with E-state index in [1.165, 1.54) is 0 Å². The molecule has 0 aromatic heterocycles. The van der Waals surface area contributed by atoms with Crippen LogP contribution in [0, 0.1) is 0 Å². The van der Waals surface area contributed by atoms with Crippen LogP contribution in [-0.4, -0.2) is 10.7 Å². The van der Waals surface area contributed by atoms with E-state index in [0.29, 0.717) is 6.42 Å². The zero-order chi connectivity index (χ0) is 9.45. The summed E-state index contributed by atoms with van der Waals surface area (Å²) in [4.78, 5) is 0. The molecule has 0 bridgehead atoms. The zero-order valence-electron chi connectivity index (χ0n) is 8.38. The molecule has 1 atom stereocenters. The van der Waals surface area contributed by atoms with Crippen molar-refractivity contribution in [3.8, 4) is 0 Å². The molecule has 0 rings (SSSR count). The summed E-state index contributed by atoms with van der Waals surface area (Å²) in [5.74, 6) is 0. The molecule has 0 amide bonds. The van der Waals surface area contributed by atoms with Gasteiger partial charge in [0.05, 0.1) is 5.60 Å². The highest BCUT2D eigenvalue weighted by Crippen LogP contribution is 2.12. The van der Waals surface area contributed by atoms with Crippen molar-refractivity contribution >= 4 is 0 Å². The number of rotatable bonds is 5. The highest BCUT2D eigenvalue weighted by atomic mass is 16.3. The smallest absolute Gasteiger partial charge is 0.0833 e. The van der Waals surface area contributed by atoms with Crippen LogP contribution in [0.4, 0.5) is 0 Å². The molecule has 12 heavy (non-hydrogen) atoms.